The van der Waals surface area contributed by atoms with Crippen molar-refractivity contribution in [3.63, 3.8) is 0 Å². The maximum absolute atomic E-state index is 6.23. The molecule has 108 valence electrons. The molecule has 0 aliphatic carbocycles. The molecule has 0 aliphatic heterocycles. The first-order chi connectivity index (χ1) is 10.0. The first kappa shape index (κ1) is 14.2. The van der Waals surface area contributed by atoms with Crippen LogP contribution in [0.4, 0.5) is 11.4 Å². The normalized spacial score (nSPS) is 11.0. The fourth-order valence-electron chi connectivity index (χ4n) is 2.39. The first-order valence-corrected chi connectivity index (χ1v) is 7.85. The highest BCUT2D eigenvalue weighted by Crippen LogP contribution is 2.32. The number of nitrogens with two attached hydrogens (primary N) is 1. The summed E-state index contributed by atoms with van der Waals surface area (Å²) in [6.45, 7) is 2.71. The third-order valence-electron chi connectivity index (χ3n) is 3.42. The van der Waals surface area contributed by atoms with Crippen LogP contribution >= 0.6 is 22.9 Å². The predicted octanol–water partition coefficient (Wildman–Crippen LogP) is 4.48. The van der Waals surface area contributed by atoms with Gasteiger partial charge in [-0.2, -0.15) is 0 Å². The summed E-state index contributed by atoms with van der Waals surface area (Å²) in [5, 5.41) is 1.82. The molecule has 0 aliphatic rings. The summed E-state index contributed by atoms with van der Waals surface area (Å²) in [5.41, 5.74) is 10.0. The largest absolute Gasteiger partial charge is 0.397 e. The van der Waals surface area contributed by atoms with Crippen LogP contribution in [0.25, 0.3) is 10.2 Å². The second-order valence-electron chi connectivity index (χ2n) is 5.06. The van der Waals surface area contributed by atoms with E-state index >= 15 is 0 Å². The minimum absolute atomic E-state index is 0.707. The van der Waals surface area contributed by atoms with Crippen LogP contribution in [0, 0.1) is 6.92 Å². The summed E-state index contributed by atoms with van der Waals surface area (Å²) in [6, 6.07) is 11.9. The van der Waals surface area contributed by atoms with E-state index in [0.717, 1.165) is 37.2 Å². The molecule has 1 aromatic heterocycles. The van der Waals surface area contributed by atoms with Gasteiger partial charge in [0.2, 0.25) is 0 Å². The highest BCUT2D eigenvalue weighted by molar-refractivity contribution is 7.18. The van der Waals surface area contributed by atoms with Crippen LogP contribution in [0.15, 0.2) is 36.4 Å². The van der Waals surface area contributed by atoms with Crippen LogP contribution in [0.2, 0.25) is 5.02 Å². The van der Waals surface area contributed by atoms with E-state index in [4.69, 9.17) is 17.3 Å². The molecule has 0 unspecified atom stereocenters. The zero-order valence-electron chi connectivity index (χ0n) is 11.9. The lowest BCUT2D eigenvalue weighted by molar-refractivity contribution is 0.926. The molecule has 0 atom stereocenters. The Morgan fingerprint density at radius 3 is 2.81 bits per heavy atom. The molecular formula is C16H16ClN3S. The average Bonchev–Trinajstić information content (AvgIpc) is 2.79. The molecule has 0 saturated carbocycles. The van der Waals surface area contributed by atoms with E-state index in [1.54, 1.807) is 11.3 Å². The molecule has 2 N–H and O–H groups in total. The lowest BCUT2D eigenvalue weighted by Crippen LogP contribution is -2.18. The number of rotatable bonds is 3. The topological polar surface area (TPSA) is 42.2 Å². The molecule has 0 spiro atoms. The molecule has 3 nitrogen and oxygen atoms in total. The number of aromatic nitrogens is 1. The van der Waals surface area contributed by atoms with Crippen LogP contribution in [0.5, 0.6) is 0 Å². The lowest BCUT2D eigenvalue weighted by atomic mass is 10.2. The van der Waals surface area contributed by atoms with Crippen molar-refractivity contribution >= 4 is 44.5 Å². The van der Waals surface area contributed by atoms with Crippen molar-refractivity contribution in [3.05, 3.63) is 52.0 Å². The SMILES string of the molecule is Cc1nc2cc(N(C)Cc3ccccc3Cl)c(N)cc2s1. The molecule has 5 heteroatoms. The van der Waals surface area contributed by atoms with Gasteiger partial charge in [-0.1, -0.05) is 29.8 Å². The smallest absolute Gasteiger partial charge is 0.0907 e. The van der Waals surface area contributed by atoms with Gasteiger partial charge in [0.1, 0.15) is 0 Å². The van der Waals surface area contributed by atoms with Crippen LogP contribution in [-0.4, -0.2) is 12.0 Å². The van der Waals surface area contributed by atoms with Gasteiger partial charge >= 0.3 is 0 Å². The number of nitrogen functional groups attached to an aromatic ring is 1. The summed E-state index contributed by atoms with van der Waals surface area (Å²) in [4.78, 5) is 6.63. The van der Waals surface area contributed by atoms with Crippen molar-refractivity contribution in [1.82, 2.24) is 4.98 Å². The molecule has 0 fully saturated rings. The van der Waals surface area contributed by atoms with Crippen LogP contribution in [0.3, 0.4) is 0 Å². The zero-order chi connectivity index (χ0) is 15.0. The number of halogens is 1. The second-order valence-corrected chi connectivity index (χ2v) is 6.70. The number of nitrogens with zero attached hydrogens (tertiary/aromatic N) is 2. The summed E-state index contributed by atoms with van der Waals surface area (Å²) in [5.74, 6) is 0. The standard InChI is InChI=1S/C16H16ClN3S/c1-10-19-14-8-15(13(18)7-16(14)21-10)20(2)9-11-5-3-4-6-12(11)17/h3-8H,9,18H2,1-2H3. The number of thiazole rings is 1. The summed E-state index contributed by atoms with van der Waals surface area (Å²) >= 11 is 7.89. The summed E-state index contributed by atoms with van der Waals surface area (Å²) in [6.07, 6.45) is 0. The van der Waals surface area contributed by atoms with Gasteiger partial charge in [-0.05, 0) is 30.7 Å². The molecular weight excluding hydrogens is 302 g/mol. The van der Waals surface area contributed by atoms with Gasteiger partial charge in [0.05, 0.1) is 26.6 Å². The molecule has 3 aromatic rings. The van der Waals surface area contributed by atoms with E-state index in [9.17, 15) is 0 Å². The first-order valence-electron chi connectivity index (χ1n) is 6.66. The average molecular weight is 318 g/mol. The molecule has 0 amide bonds. The number of hydrogen-bond acceptors (Lipinski definition) is 4. The maximum Gasteiger partial charge on any atom is 0.0907 e. The monoisotopic (exact) mass is 317 g/mol. The van der Waals surface area contributed by atoms with E-state index in [1.807, 2.05) is 50.4 Å². The van der Waals surface area contributed by atoms with Gasteiger partial charge < -0.3 is 10.6 Å². The van der Waals surface area contributed by atoms with Crippen molar-refractivity contribution in [2.75, 3.05) is 17.7 Å². The van der Waals surface area contributed by atoms with E-state index in [2.05, 4.69) is 9.88 Å². The fourth-order valence-corrected chi connectivity index (χ4v) is 3.44. The van der Waals surface area contributed by atoms with Crippen LogP contribution < -0.4 is 10.6 Å². The van der Waals surface area contributed by atoms with Gasteiger partial charge in [-0.15, -0.1) is 11.3 Å². The Morgan fingerprint density at radius 1 is 1.29 bits per heavy atom. The Hall–Kier alpha value is -1.78. The lowest BCUT2D eigenvalue weighted by Gasteiger charge is -2.21. The van der Waals surface area contributed by atoms with Gasteiger partial charge in [0, 0.05) is 18.6 Å². The Bertz CT molecular complexity index is 797. The van der Waals surface area contributed by atoms with Gasteiger partial charge in [0.25, 0.3) is 0 Å². The summed E-state index contributed by atoms with van der Waals surface area (Å²) in [7, 11) is 2.01. The minimum Gasteiger partial charge on any atom is -0.397 e. The number of benzene rings is 2. The number of aryl methyl sites for hydroxylation is 1. The molecule has 1 heterocycles. The fraction of sp³-hybridized carbons (Fsp3) is 0.188. The Labute approximate surface area is 133 Å². The van der Waals surface area contributed by atoms with Gasteiger partial charge in [0.15, 0.2) is 0 Å². The van der Waals surface area contributed by atoms with E-state index in [-0.39, 0.29) is 0 Å². The van der Waals surface area contributed by atoms with Crippen LogP contribution in [0.1, 0.15) is 10.6 Å². The van der Waals surface area contributed by atoms with Gasteiger partial charge in [-0.25, -0.2) is 4.98 Å². The number of fused-ring (bicyclic) bond motifs is 1. The van der Waals surface area contributed by atoms with Crippen molar-refractivity contribution < 1.29 is 0 Å². The molecule has 0 radical (unpaired) electrons. The Morgan fingerprint density at radius 2 is 2.05 bits per heavy atom. The molecule has 0 bridgehead atoms. The summed E-state index contributed by atoms with van der Waals surface area (Å²) < 4.78 is 1.12. The van der Waals surface area contributed by atoms with E-state index in [1.165, 1.54) is 0 Å². The number of anilines is 2. The maximum atomic E-state index is 6.23. The van der Waals surface area contributed by atoms with Crippen molar-refractivity contribution in [1.29, 1.82) is 0 Å². The third-order valence-corrected chi connectivity index (χ3v) is 4.72. The highest BCUT2D eigenvalue weighted by atomic mass is 35.5. The minimum atomic E-state index is 0.707. The molecule has 2 aromatic carbocycles. The third kappa shape index (κ3) is 2.82. The predicted molar refractivity (Wildman–Crippen MR) is 92.3 cm³/mol. The molecule has 0 saturated heterocycles. The zero-order valence-corrected chi connectivity index (χ0v) is 13.5. The van der Waals surface area contributed by atoms with Crippen molar-refractivity contribution in [2.45, 2.75) is 13.5 Å². The van der Waals surface area contributed by atoms with E-state index < -0.39 is 0 Å². The Kier molecular flexibility index (Phi) is 3.74. The molecule has 3 rings (SSSR count). The second kappa shape index (κ2) is 5.54. The quantitative estimate of drug-likeness (QED) is 0.724. The van der Waals surface area contributed by atoms with Crippen molar-refractivity contribution in [2.24, 2.45) is 0 Å². The number of hydrogen-bond donors (Lipinski definition) is 1. The molecule has 21 heavy (non-hydrogen) atoms. The van der Waals surface area contributed by atoms with E-state index in [0.29, 0.717) is 6.54 Å². The van der Waals surface area contributed by atoms with Gasteiger partial charge in [-0.3, -0.25) is 0 Å². The van der Waals surface area contributed by atoms with Crippen molar-refractivity contribution in [3.8, 4) is 0 Å². The highest BCUT2D eigenvalue weighted by Gasteiger charge is 2.11. The van der Waals surface area contributed by atoms with Crippen LogP contribution in [-0.2, 0) is 6.54 Å². The Balaban J connectivity index is 1.95.